The van der Waals surface area contributed by atoms with Crippen LogP contribution in [0.15, 0.2) is 146 Å². The Bertz CT molecular complexity index is 5070. The number of aryl methyl sites for hydroxylation is 4. The number of rotatable bonds is 8. The lowest BCUT2D eigenvalue weighted by Gasteiger charge is -2.35. The quantitative estimate of drug-likeness (QED) is 0.149. The Kier molecular flexibility index (Phi) is 39.7. The van der Waals surface area contributed by atoms with E-state index in [-0.39, 0.29) is 137 Å². The van der Waals surface area contributed by atoms with E-state index in [0.717, 1.165) is 89.9 Å². The van der Waals surface area contributed by atoms with Crippen LogP contribution in [0.2, 0.25) is 0 Å². The SMILES string of the molecule is CC(C)(C)OC1CCCc2c1cccc2C(C)(C)C.CC(C)(C)OC1CCCc2ccc(C(C)(C)C)cc21.CC(C)(C)OC1CCc2c1cccc2C(C)(C)C.CC(C)(C)OC1CCc2ccc(C(C)(C)C)cc21.CC(C)(C)O[C@@H]1CCc2c1cccc2C(C)(C)C.CC(C)(C)O[C@@H]1CCc2ccc(C(C)(C)C)cc21.CC(C)(C)O[C@H]1CCc2c1cccc2C(C)(C)C.CC(C)(C)O[C@H]1CCc2ccc(C(C)(C)C)cc21. The van der Waals surface area contributed by atoms with E-state index in [1.165, 1.54) is 159 Å². The van der Waals surface area contributed by atoms with Gasteiger partial charge in [-0.05, 0) is 459 Å². The average molecular weight is 2000 g/mol. The zero-order valence-corrected chi connectivity index (χ0v) is 102. The number of hydrogen-bond donors (Lipinski definition) is 0. The summed E-state index contributed by atoms with van der Waals surface area (Å²) in [5.41, 5.74) is 36.1. The van der Waals surface area contributed by atoms with Gasteiger partial charge >= 0.3 is 0 Å². The summed E-state index contributed by atoms with van der Waals surface area (Å²) in [5.74, 6) is 0. The van der Waals surface area contributed by atoms with Gasteiger partial charge < -0.3 is 37.9 Å². The third-order valence-corrected chi connectivity index (χ3v) is 28.7. The maximum atomic E-state index is 6.27. The molecule has 8 aliphatic carbocycles. The molecular formula is C138H212O8. The van der Waals surface area contributed by atoms with Crippen molar-refractivity contribution in [3.8, 4) is 0 Å². The molecule has 4 unspecified atom stereocenters. The molecule has 8 aromatic carbocycles. The van der Waals surface area contributed by atoms with Gasteiger partial charge in [0.1, 0.15) is 0 Å². The highest BCUT2D eigenvalue weighted by atomic mass is 16.5. The van der Waals surface area contributed by atoms with Gasteiger partial charge in [0.05, 0.1) is 93.6 Å². The van der Waals surface area contributed by atoms with Crippen LogP contribution >= 0.6 is 0 Å². The minimum absolute atomic E-state index is 0.0655. The number of ether oxygens (including phenoxy) is 8. The second-order valence-electron chi connectivity index (χ2n) is 59.9. The molecule has 8 aromatic rings. The Morgan fingerprint density at radius 1 is 0.158 bits per heavy atom. The molecule has 0 spiro atoms. The zero-order chi connectivity index (χ0) is 110. The normalized spacial score (nSPS) is 20.1. The van der Waals surface area contributed by atoms with Crippen molar-refractivity contribution in [2.75, 3.05) is 0 Å². The first kappa shape index (κ1) is 123. The molecule has 0 saturated carbocycles. The van der Waals surface area contributed by atoms with Crippen LogP contribution in [0.25, 0.3) is 0 Å². The number of hydrogen-bond acceptors (Lipinski definition) is 8. The Labute approximate surface area is 896 Å². The highest BCUT2D eigenvalue weighted by Crippen LogP contribution is 2.50. The van der Waals surface area contributed by atoms with Crippen LogP contribution in [0.1, 0.15) is 579 Å². The molecule has 0 bridgehead atoms. The molecule has 8 nitrogen and oxygen atoms in total. The highest BCUT2D eigenvalue weighted by Gasteiger charge is 2.40. The van der Waals surface area contributed by atoms with Gasteiger partial charge in [0.15, 0.2) is 0 Å². The van der Waals surface area contributed by atoms with Gasteiger partial charge in [-0.2, -0.15) is 0 Å². The van der Waals surface area contributed by atoms with Crippen LogP contribution in [0.3, 0.4) is 0 Å². The molecule has 8 heteroatoms. The van der Waals surface area contributed by atoms with Gasteiger partial charge in [0.2, 0.25) is 0 Å². The van der Waals surface area contributed by atoms with Crippen molar-refractivity contribution in [3.63, 3.8) is 0 Å². The van der Waals surface area contributed by atoms with Crippen LogP contribution in [0.4, 0.5) is 0 Å². The van der Waals surface area contributed by atoms with Crippen molar-refractivity contribution in [3.05, 3.63) is 279 Å². The molecular weight excluding hydrogens is 1790 g/mol. The lowest BCUT2D eigenvalue weighted by atomic mass is 9.77. The molecule has 146 heavy (non-hydrogen) atoms. The molecule has 812 valence electrons. The Morgan fingerprint density at radius 2 is 0.322 bits per heavy atom. The molecule has 0 amide bonds. The largest absolute Gasteiger partial charge is 0.368 e. The standard InChI is InChI=1S/2C18H28O.6C17H26O/c1-17(2,3)15-11-7-10-14-13(15)9-8-12-16(14)19-18(4,5)6;1-17(2,3)14-11-10-13-8-7-9-16(15(13)12-14)19-18(4,5)6;3*1-16(2,3)13-9-7-12-8-10-15(14(12)11-13)18-17(4,5)6;3*1-16(2,3)14-9-7-8-13-12(14)10-11-15(13)18-17(4,5)6/h7,10-11,16H,8-9,12H2,1-6H3;10-12,16H,7-9H2,1-6H3;3*7,9,11,15H,8,10H2,1-6H3;3*7-9,15H,10-11H2,1-6H3/t;;2*15-;;2*15-;/m..10.10./s1. The van der Waals surface area contributed by atoms with Gasteiger partial charge in [0, 0.05) is 0 Å². The molecule has 8 aliphatic rings. The van der Waals surface area contributed by atoms with Crippen molar-refractivity contribution in [1.29, 1.82) is 0 Å². The second-order valence-corrected chi connectivity index (χ2v) is 59.9. The monoisotopic (exact) mass is 2000 g/mol. The number of benzene rings is 8. The van der Waals surface area contributed by atoms with Gasteiger partial charge in [-0.3, -0.25) is 0 Å². The summed E-state index contributed by atoms with van der Waals surface area (Å²) in [6.45, 7) is 106. The predicted octanol–water partition coefficient (Wildman–Crippen LogP) is 39.1. The minimum Gasteiger partial charge on any atom is -0.368 e. The lowest BCUT2D eigenvalue weighted by Crippen LogP contribution is -2.26. The van der Waals surface area contributed by atoms with E-state index >= 15 is 0 Å². The fourth-order valence-corrected chi connectivity index (χ4v) is 22.2. The van der Waals surface area contributed by atoms with E-state index in [4.69, 9.17) is 37.9 Å². The second kappa shape index (κ2) is 47.2. The van der Waals surface area contributed by atoms with E-state index in [0.29, 0.717) is 0 Å². The number of fused-ring (bicyclic) bond motifs is 8. The maximum absolute atomic E-state index is 6.27. The average Bonchev–Trinajstić information content (AvgIpc) is 1.76. The zero-order valence-electron chi connectivity index (χ0n) is 102. The third kappa shape index (κ3) is 36.9. The summed E-state index contributed by atoms with van der Waals surface area (Å²) in [5, 5.41) is 0. The molecule has 0 saturated heterocycles. The van der Waals surface area contributed by atoms with E-state index in [2.05, 4.69) is 478 Å². The molecule has 8 atom stereocenters. The molecule has 0 heterocycles. The first-order valence-electron chi connectivity index (χ1n) is 56.9. The van der Waals surface area contributed by atoms with Crippen LogP contribution in [0.5, 0.6) is 0 Å². The van der Waals surface area contributed by atoms with Crippen LogP contribution in [0, 0.1) is 0 Å². The van der Waals surface area contributed by atoms with Crippen molar-refractivity contribution in [2.45, 2.75) is 585 Å². The fraction of sp³-hybridized carbons (Fsp3) is 0.652. The van der Waals surface area contributed by atoms with Crippen LogP contribution < -0.4 is 0 Å². The molecule has 0 aromatic heterocycles. The summed E-state index contributed by atoms with van der Waals surface area (Å²) in [7, 11) is 0. The van der Waals surface area contributed by atoms with E-state index < -0.39 is 0 Å². The Balaban J connectivity index is 0.000000186. The summed E-state index contributed by atoms with van der Waals surface area (Å²) < 4.78 is 49.7. The van der Waals surface area contributed by atoms with Gasteiger partial charge in [-0.25, -0.2) is 0 Å². The van der Waals surface area contributed by atoms with Gasteiger partial charge in [0.25, 0.3) is 0 Å². The topological polar surface area (TPSA) is 73.8 Å². The molecule has 0 fully saturated rings. The van der Waals surface area contributed by atoms with Crippen molar-refractivity contribution in [2.24, 2.45) is 0 Å². The minimum atomic E-state index is -0.0724. The van der Waals surface area contributed by atoms with Gasteiger partial charge in [-0.15, -0.1) is 0 Å². The predicted molar refractivity (Wildman–Crippen MR) is 626 cm³/mol. The van der Waals surface area contributed by atoms with E-state index in [9.17, 15) is 0 Å². The first-order valence-corrected chi connectivity index (χ1v) is 56.9. The fourth-order valence-electron chi connectivity index (χ4n) is 22.2. The third-order valence-electron chi connectivity index (χ3n) is 28.7. The lowest BCUT2D eigenvalue weighted by molar-refractivity contribution is -0.0688. The van der Waals surface area contributed by atoms with Crippen molar-refractivity contribution in [1.82, 2.24) is 0 Å². The summed E-state index contributed by atoms with van der Waals surface area (Å²) in [4.78, 5) is 0. The Hall–Kier alpha value is -6.56. The van der Waals surface area contributed by atoms with Crippen molar-refractivity contribution < 1.29 is 37.9 Å². The van der Waals surface area contributed by atoms with Gasteiger partial charge in [-0.1, -0.05) is 312 Å². The molecule has 16 rings (SSSR count). The molecule has 0 N–H and O–H groups in total. The maximum Gasteiger partial charge on any atom is 0.0838 e. The van der Waals surface area contributed by atoms with Crippen molar-refractivity contribution >= 4 is 0 Å². The highest BCUT2D eigenvalue weighted by molar-refractivity contribution is 5.49. The van der Waals surface area contributed by atoms with E-state index in [1.807, 2.05) is 0 Å². The Morgan fingerprint density at radius 3 is 0.514 bits per heavy atom. The van der Waals surface area contributed by atoms with E-state index in [1.54, 1.807) is 0 Å². The summed E-state index contributed by atoms with van der Waals surface area (Å²) >= 11 is 0. The summed E-state index contributed by atoms with van der Waals surface area (Å²) in [6, 6.07) is 54.6. The molecule has 0 aliphatic heterocycles. The smallest absolute Gasteiger partial charge is 0.0838 e. The summed E-state index contributed by atoms with van der Waals surface area (Å²) in [6.07, 6.45) is 23.1. The van der Waals surface area contributed by atoms with Crippen LogP contribution in [-0.4, -0.2) is 44.8 Å². The molecule has 0 radical (unpaired) electrons. The first-order chi connectivity index (χ1) is 66.4. The van der Waals surface area contributed by atoms with Crippen LogP contribution in [-0.2, 0) is 133 Å².